The number of aromatic amines is 1. The minimum atomic E-state index is -0.136. The number of anilines is 2. The van der Waals surface area contributed by atoms with E-state index in [-0.39, 0.29) is 17.2 Å². The van der Waals surface area contributed by atoms with Gasteiger partial charge in [-0.25, -0.2) is 0 Å². The van der Waals surface area contributed by atoms with Crippen LogP contribution in [-0.2, 0) is 4.74 Å². The lowest BCUT2D eigenvalue weighted by Gasteiger charge is -2.32. The molecule has 0 radical (unpaired) electrons. The molecule has 5 nitrogen and oxygen atoms in total. The molecule has 1 fully saturated rings. The number of hydrogen-bond acceptors (Lipinski definition) is 4. The molecular weight excluding hydrogens is 194 g/mol. The van der Waals surface area contributed by atoms with E-state index in [1.807, 2.05) is 6.92 Å². The van der Waals surface area contributed by atoms with Crippen molar-refractivity contribution in [2.75, 3.05) is 30.3 Å². The number of ether oxygens (including phenoxy) is 1. The molecule has 2 heterocycles. The summed E-state index contributed by atoms with van der Waals surface area (Å²) in [6.07, 6.45) is 1.73. The molecule has 1 aliphatic rings. The van der Waals surface area contributed by atoms with E-state index in [0.29, 0.717) is 6.61 Å². The van der Waals surface area contributed by atoms with E-state index in [0.717, 1.165) is 18.9 Å². The van der Waals surface area contributed by atoms with Gasteiger partial charge >= 0.3 is 0 Å². The molecule has 3 N–H and O–H groups in total. The van der Waals surface area contributed by atoms with Crippen molar-refractivity contribution >= 4 is 11.5 Å². The maximum Gasteiger partial charge on any atom is 0.206 e. The van der Waals surface area contributed by atoms with Crippen LogP contribution in [0.15, 0.2) is 17.1 Å². The molecule has 0 spiro atoms. The highest BCUT2D eigenvalue weighted by molar-refractivity contribution is 5.46. The molecule has 1 atom stereocenters. The second kappa shape index (κ2) is 3.94. The van der Waals surface area contributed by atoms with Gasteiger partial charge in [0, 0.05) is 25.4 Å². The van der Waals surface area contributed by atoms with Gasteiger partial charge in [0.05, 0.1) is 18.4 Å². The molecule has 0 saturated carbocycles. The van der Waals surface area contributed by atoms with Gasteiger partial charge in [-0.3, -0.25) is 4.79 Å². The Kier molecular flexibility index (Phi) is 2.64. The largest absolute Gasteiger partial charge is 0.394 e. The van der Waals surface area contributed by atoms with E-state index < -0.39 is 0 Å². The number of nitrogens with zero attached hydrogens (tertiary/aromatic N) is 1. The molecule has 5 heteroatoms. The predicted octanol–water partition coefficient (Wildman–Crippen LogP) is 0.182. The maximum atomic E-state index is 11.4. The summed E-state index contributed by atoms with van der Waals surface area (Å²) in [6, 6.07) is 1.54. The summed E-state index contributed by atoms with van der Waals surface area (Å²) >= 11 is 0. The summed E-state index contributed by atoms with van der Waals surface area (Å²) in [6.45, 7) is 4.29. The first-order chi connectivity index (χ1) is 7.16. The first-order valence-electron chi connectivity index (χ1n) is 5.01. The lowest BCUT2D eigenvalue weighted by Crippen LogP contribution is -2.41. The number of rotatable bonds is 1. The van der Waals surface area contributed by atoms with E-state index in [2.05, 4.69) is 9.88 Å². The Labute approximate surface area is 87.8 Å². The van der Waals surface area contributed by atoms with Crippen molar-refractivity contribution in [3.63, 3.8) is 0 Å². The molecule has 1 aromatic heterocycles. The second-order valence-corrected chi connectivity index (χ2v) is 3.77. The molecule has 0 bridgehead atoms. The lowest BCUT2D eigenvalue weighted by molar-refractivity contribution is 0.0529. The highest BCUT2D eigenvalue weighted by atomic mass is 16.5. The van der Waals surface area contributed by atoms with Crippen molar-refractivity contribution in [2.45, 2.75) is 13.0 Å². The van der Waals surface area contributed by atoms with Gasteiger partial charge in [-0.05, 0) is 6.92 Å². The Morgan fingerprint density at radius 3 is 3.13 bits per heavy atom. The van der Waals surface area contributed by atoms with E-state index in [9.17, 15) is 4.79 Å². The van der Waals surface area contributed by atoms with Gasteiger partial charge in [-0.2, -0.15) is 0 Å². The van der Waals surface area contributed by atoms with Crippen LogP contribution in [0.4, 0.5) is 11.5 Å². The van der Waals surface area contributed by atoms with Crippen molar-refractivity contribution in [3.05, 3.63) is 22.5 Å². The molecule has 0 aliphatic carbocycles. The number of hydrogen-bond donors (Lipinski definition) is 2. The normalized spacial score (nSPS) is 21.7. The minimum absolute atomic E-state index is 0.136. The smallest absolute Gasteiger partial charge is 0.206 e. The fourth-order valence-corrected chi connectivity index (χ4v) is 1.69. The molecule has 1 aromatic rings. The SMILES string of the molecule is C[C@H]1CN(c2cc(=O)c(N)c[nH]2)CCO1. The standard InChI is InChI=1S/C10H15N3O2/c1-7-6-13(2-3-15-7)10-4-9(14)8(11)5-12-10/h4-5,7H,2-3,6,11H2,1H3,(H,12,14)/t7-/m0/s1. The van der Waals surface area contributed by atoms with Gasteiger partial charge in [-0.1, -0.05) is 0 Å². The number of aromatic nitrogens is 1. The summed E-state index contributed by atoms with van der Waals surface area (Å²) in [7, 11) is 0. The van der Waals surface area contributed by atoms with Crippen LogP contribution in [0.1, 0.15) is 6.92 Å². The molecule has 0 aromatic carbocycles. The Morgan fingerprint density at radius 1 is 1.67 bits per heavy atom. The summed E-state index contributed by atoms with van der Waals surface area (Å²) in [5.74, 6) is 0.810. The van der Waals surface area contributed by atoms with Crippen LogP contribution >= 0.6 is 0 Å². The van der Waals surface area contributed by atoms with Gasteiger partial charge in [-0.15, -0.1) is 0 Å². The highest BCUT2D eigenvalue weighted by Gasteiger charge is 2.17. The average Bonchev–Trinajstić information content (AvgIpc) is 2.22. The Balaban J connectivity index is 2.21. The summed E-state index contributed by atoms with van der Waals surface area (Å²) < 4.78 is 5.43. The first-order valence-corrected chi connectivity index (χ1v) is 5.01. The molecule has 2 rings (SSSR count). The van der Waals surface area contributed by atoms with Gasteiger partial charge in [0.1, 0.15) is 5.82 Å². The van der Waals surface area contributed by atoms with Crippen LogP contribution in [0.2, 0.25) is 0 Å². The first kappa shape index (κ1) is 10.0. The third-order valence-electron chi connectivity index (χ3n) is 2.51. The quantitative estimate of drug-likeness (QED) is 0.692. The number of pyridine rings is 1. The molecule has 1 saturated heterocycles. The third-order valence-corrected chi connectivity index (χ3v) is 2.51. The minimum Gasteiger partial charge on any atom is -0.394 e. The summed E-state index contributed by atoms with van der Waals surface area (Å²) in [4.78, 5) is 16.5. The summed E-state index contributed by atoms with van der Waals surface area (Å²) in [5, 5.41) is 0. The van der Waals surface area contributed by atoms with Crippen LogP contribution in [0.3, 0.4) is 0 Å². The third kappa shape index (κ3) is 2.12. The lowest BCUT2D eigenvalue weighted by atomic mass is 10.3. The van der Waals surface area contributed by atoms with Gasteiger partial charge in [0.15, 0.2) is 0 Å². The molecule has 1 aliphatic heterocycles. The van der Waals surface area contributed by atoms with Crippen LogP contribution < -0.4 is 16.1 Å². The van der Waals surface area contributed by atoms with Gasteiger partial charge in [0.25, 0.3) is 0 Å². The van der Waals surface area contributed by atoms with E-state index >= 15 is 0 Å². The van der Waals surface area contributed by atoms with Gasteiger partial charge in [0.2, 0.25) is 5.43 Å². The van der Waals surface area contributed by atoms with Gasteiger partial charge < -0.3 is 20.4 Å². The Bertz CT molecular complexity index is 402. The van der Waals surface area contributed by atoms with Crippen molar-refractivity contribution in [1.82, 2.24) is 4.98 Å². The van der Waals surface area contributed by atoms with Crippen LogP contribution in [0, 0.1) is 0 Å². The van der Waals surface area contributed by atoms with Crippen molar-refractivity contribution in [1.29, 1.82) is 0 Å². The number of H-pyrrole nitrogens is 1. The number of morpholine rings is 1. The average molecular weight is 209 g/mol. The topological polar surface area (TPSA) is 71.3 Å². The summed E-state index contributed by atoms with van der Waals surface area (Å²) in [5.41, 5.74) is 5.57. The van der Waals surface area contributed by atoms with E-state index in [1.54, 1.807) is 0 Å². The molecule has 0 unspecified atom stereocenters. The molecule has 15 heavy (non-hydrogen) atoms. The zero-order valence-electron chi connectivity index (χ0n) is 8.69. The fourth-order valence-electron chi connectivity index (χ4n) is 1.69. The van der Waals surface area contributed by atoms with Crippen molar-refractivity contribution in [3.8, 4) is 0 Å². The zero-order chi connectivity index (χ0) is 10.8. The van der Waals surface area contributed by atoms with Crippen molar-refractivity contribution < 1.29 is 4.74 Å². The van der Waals surface area contributed by atoms with Crippen LogP contribution in [-0.4, -0.2) is 30.8 Å². The number of nitrogens with one attached hydrogen (secondary N) is 1. The molecular formula is C10H15N3O2. The van der Waals surface area contributed by atoms with Crippen LogP contribution in [0.5, 0.6) is 0 Å². The number of nitrogen functional groups attached to an aromatic ring is 1. The van der Waals surface area contributed by atoms with Crippen LogP contribution in [0.25, 0.3) is 0 Å². The number of nitrogens with two attached hydrogens (primary N) is 1. The van der Waals surface area contributed by atoms with Crippen molar-refractivity contribution in [2.24, 2.45) is 0 Å². The van der Waals surface area contributed by atoms with E-state index in [4.69, 9.17) is 10.5 Å². The zero-order valence-corrected chi connectivity index (χ0v) is 8.69. The molecule has 82 valence electrons. The highest BCUT2D eigenvalue weighted by Crippen LogP contribution is 2.13. The predicted molar refractivity (Wildman–Crippen MR) is 59.1 cm³/mol. The van der Waals surface area contributed by atoms with E-state index in [1.165, 1.54) is 12.3 Å². The Morgan fingerprint density at radius 2 is 2.47 bits per heavy atom. The second-order valence-electron chi connectivity index (χ2n) is 3.77. The fraction of sp³-hybridized carbons (Fsp3) is 0.500. The monoisotopic (exact) mass is 209 g/mol. The Hall–Kier alpha value is -1.49. The molecule has 0 amide bonds. The maximum absolute atomic E-state index is 11.4.